The van der Waals surface area contributed by atoms with Crippen molar-refractivity contribution in [3.05, 3.63) is 53.6 Å². The number of nitrogens with zero attached hydrogens (tertiary/aromatic N) is 2. The largest absolute Gasteiger partial charge is 0.485 e. The van der Waals surface area contributed by atoms with Gasteiger partial charge in [-0.15, -0.1) is 0 Å². The van der Waals surface area contributed by atoms with Gasteiger partial charge >= 0.3 is 18.2 Å². The first kappa shape index (κ1) is 32.9. The summed E-state index contributed by atoms with van der Waals surface area (Å²) < 4.78 is 45.2. The van der Waals surface area contributed by atoms with Gasteiger partial charge in [-0.1, -0.05) is 32.3 Å². The van der Waals surface area contributed by atoms with E-state index in [4.69, 9.17) is 4.74 Å². The summed E-state index contributed by atoms with van der Waals surface area (Å²) >= 11 is 0. The van der Waals surface area contributed by atoms with E-state index in [1.807, 2.05) is 6.92 Å². The summed E-state index contributed by atoms with van der Waals surface area (Å²) in [4.78, 5) is 42.5. The fourth-order valence-corrected chi connectivity index (χ4v) is 5.46. The Bertz CT molecular complexity index is 1320. The molecule has 2 aliphatic rings. The maximum atomic E-state index is 13.7. The van der Waals surface area contributed by atoms with Gasteiger partial charge in [0.15, 0.2) is 5.75 Å². The number of aliphatic hydroxyl groups is 1. The summed E-state index contributed by atoms with van der Waals surface area (Å²) in [6.45, 7) is 3.58. The minimum absolute atomic E-state index is 0.0468. The predicted octanol–water partition coefficient (Wildman–Crippen LogP) is 5.54. The second-order valence-electron chi connectivity index (χ2n) is 11.6. The Balaban J connectivity index is 1.56. The molecule has 0 saturated heterocycles. The molecule has 1 fully saturated rings. The number of urea groups is 2. The number of aliphatic hydroxyl groups excluding tert-OH is 1. The first-order valence-corrected chi connectivity index (χ1v) is 14.9. The van der Waals surface area contributed by atoms with Crippen LogP contribution in [0.5, 0.6) is 5.75 Å². The van der Waals surface area contributed by atoms with Gasteiger partial charge in [-0.25, -0.2) is 9.59 Å². The third-order valence-corrected chi connectivity index (χ3v) is 8.14. The van der Waals surface area contributed by atoms with E-state index < -0.39 is 35.9 Å². The van der Waals surface area contributed by atoms with Crippen LogP contribution in [0.1, 0.15) is 61.9 Å². The zero-order valence-electron chi connectivity index (χ0n) is 25.1. The van der Waals surface area contributed by atoms with Crippen molar-refractivity contribution in [1.82, 2.24) is 15.1 Å². The average molecular weight is 620 g/mol. The lowest BCUT2D eigenvalue weighted by atomic mass is 9.96. The SMILES string of the molecule is C[C@H](CO)N1C[C@H](C)[C@H](CN(C)C(=O)Nc2ccc(C(F)(F)F)cc2)Oc2c(NC(=O)NC3CCCCC3)cccc2C1=O. The molecule has 4 N–H and O–H groups in total. The molecule has 1 aliphatic heterocycles. The number of carbonyl (C=O) groups excluding carboxylic acids is 3. The topological polar surface area (TPSA) is 123 Å². The standard InChI is InChI=1S/C31H40F3N5O5/c1-19-16-39(20(2)18-40)28(41)24-10-7-11-25(37-29(42)35-22-8-5-4-6-9-22)27(24)44-26(19)17-38(3)30(43)36-23-14-12-21(13-15-23)31(32,33)34/h7,10-15,19-20,22,26,40H,4-6,8-9,16-18H2,1-3H3,(H,36,43)(H2,35,37,42)/t19-,20+,26-/m0/s1. The first-order valence-electron chi connectivity index (χ1n) is 14.9. The number of alkyl halides is 3. The van der Waals surface area contributed by atoms with Crippen molar-refractivity contribution in [2.45, 2.75) is 70.3 Å². The van der Waals surface area contributed by atoms with Crippen LogP contribution in [0.3, 0.4) is 0 Å². The summed E-state index contributed by atoms with van der Waals surface area (Å²) in [5, 5.41) is 18.3. The molecule has 240 valence electrons. The average Bonchev–Trinajstić information content (AvgIpc) is 2.99. The van der Waals surface area contributed by atoms with Crippen molar-refractivity contribution in [1.29, 1.82) is 0 Å². The number of para-hydroxylation sites is 1. The Labute approximate surface area is 254 Å². The number of hydrogen-bond acceptors (Lipinski definition) is 5. The van der Waals surface area contributed by atoms with Crippen molar-refractivity contribution in [2.75, 3.05) is 37.4 Å². The summed E-state index contributed by atoms with van der Waals surface area (Å²) in [5.41, 5.74) is -0.144. The highest BCUT2D eigenvalue weighted by atomic mass is 19.4. The molecule has 4 rings (SSSR count). The van der Waals surface area contributed by atoms with Gasteiger partial charge in [0, 0.05) is 31.2 Å². The molecule has 2 aromatic rings. The maximum absolute atomic E-state index is 13.7. The number of amides is 5. The van der Waals surface area contributed by atoms with E-state index in [-0.39, 0.29) is 60.3 Å². The van der Waals surface area contributed by atoms with E-state index in [1.165, 1.54) is 24.1 Å². The molecule has 0 spiro atoms. The molecule has 2 aromatic carbocycles. The smallest absolute Gasteiger partial charge is 0.416 e. The number of likely N-dealkylation sites (N-methyl/N-ethyl adjacent to an activating group) is 1. The summed E-state index contributed by atoms with van der Waals surface area (Å²) in [6, 6.07) is 7.56. The molecule has 0 radical (unpaired) electrons. The molecule has 1 saturated carbocycles. The van der Waals surface area contributed by atoms with Crippen molar-refractivity contribution >= 4 is 29.3 Å². The van der Waals surface area contributed by atoms with Crippen LogP contribution in [-0.4, -0.2) is 77.8 Å². The van der Waals surface area contributed by atoms with E-state index in [9.17, 15) is 32.7 Å². The van der Waals surface area contributed by atoms with Crippen LogP contribution in [0.15, 0.2) is 42.5 Å². The Morgan fingerprint density at radius 3 is 2.41 bits per heavy atom. The monoisotopic (exact) mass is 619 g/mol. The van der Waals surface area contributed by atoms with Crippen molar-refractivity contribution in [2.24, 2.45) is 5.92 Å². The minimum Gasteiger partial charge on any atom is -0.485 e. The van der Waals surface area contributed by atoms with Gasteiger partial charge in [-0.2, -0.15) is 13.2 Å². The highest BCUT2D eigenvalue weighted by Crippen LogP contribution is 2.35. The fourth-order valence-electron chi connectivity index (χ4n) is 5.46. The third-order valence-electron chi connectivity index (χ3n) is 8.14. The van der Waals surface area contributed by atoms with Crippen molar-refractivity contribution < 1.29 is 37.4 Å². The number of benzene rings is 2. The van der Waals surface area contributed by atoms with Gasteiger partial charge in [-0.3, -0.25) is 4.79 Å². The summed E-state index contributed by atoms with van der Waals surface area (Å²) in [6.07, 6.45) is -0.144. The number of hydrogen-bond donors (Lipinski definition) is 4. The van der Waals surface area contributed by atoms with Gasteiger partial charge in [0.2, 0.25) is 0 Å². The second kappa shape index (κ2) is 14.2. The molecule has 1 aliphatic carbocycles. The molecule has 3 atom stereocenters. The Hall–Kier alpha value is -4.00. The number of anilines is 2. The van der Waals surface area contributed by atoms with E-state index in [0.717, 1.165) is 44.2 Å². The lowest BCUT2D eigenvalue weighted by Gasteiger charge is -2.38. The number of ether oxygens (including phenoxy) is 1. The highest BCUT2D eigenvalue weighted by Gasteiger charge is 2.35. The van der Waals surface area contributed by atoms with Gasteiger partial charge in [0.05, 0.1) is 36.0 Å². The minimum atomic E-state index is -4.49. The quantitative estimate of drug-likeness (QED) is 0.324. The van der Waals surface area contributed by atoms with Gasteiger partial charge in [-0.05, 0) is 56.2 Å². The van der Waals surface area contributed by atoms with E-state index >= 15 is 0 Å². The zero-order valence-corrected chi connectivity index (χ0v) is 25.1. The normalized spacial score (nSPS) is 20.0. The third kappa shape index (κ3) is 8.13. The van der Waals surface area contributed by atoms with E-state index in [0.29, 0.717) is 0 Å². The van der Waals surface area contributed by atoms with Crippen LogP contribution in [0.4, 0.5) is 34.1 Å². The molecule has 44 heavy (non-hydrogen) atoms. The van der Waals surface area contributed by atoms with Crippen LogP contribution in [0.2, 0.25) is 0 Å². The number of carbonyl (C=O) groups is 3. The number of nitrogens with one attached hydrogen (secondary N) is 3. The molecule has 5 amide bonds. The molecule has 1 heterocycles. The summed E-state index contributed by atoms with van der Waals surface area (Å²) in [7, 11) is 1.52. The number of halogens is 3. The molecule has 0 unspecified atom stereocenters. The second-order valence-corrected chi connectivity index (χ2v) is 11.6. The predicted molar refractivity (Wildman–Crippen MR) is 160 cm³/mol. The van der Waals surface area contributed by atoms with Gasteiger partial charge in [0.1, 0.15) is 6.10 Å². The van der Waals surface area contributed by atoms with Crippen molar-refractivity contribution in [3.63, 3.8) is 0 Å². The molecule has 0 aromatic heterocycles. The zero-order chi connectivity index (χ0) is 32.0. The van der Waals surface area contributed by atoms with Crippen molar-refractivity contribution in [3.8, 4) is 5.75 Å². The molecule has 0 bridgehead atoms. The summed E-state index contributed by atoms with van der Waals surface area (Å²) in [5.74, 6) is -0.539. The highest BCUT2D eigenvalue weighted by molar-refractivity contribution is 6.01. The molecular formula is C31H40F3N5O5. The number of rotatable bonds is 7. The lowest BCUT2D eigenvalue weighted by Crippen LogP contribution is -2.50. The molecule has 13 heteroatoms. The Morgan fingerprint density at radius 2 is 1.77 bits per heavy atom. The Morgan fingerprint density at radius 1 is 1.09 bits per heavy atom. The first-order chi connectivity index (χ1) is 20.9. The molecular weight excluding hydrogens is 579 g/mol. The maximum Gasteiger partial charge on any atom is 0.416 e. The fraction of sp³-hybridized carbons (Fsp3) is 0.516. The van der Waals surface area contributed by atoms with Crippen LogP contribution in [-0.2, 0) is 6.18 Å². The van der Waals surface area contributed by atoms with Crippen LogP contribution in [0, 0.1) is 5.92 Å². The van der Waals surface area contributed by atoms with Gasteiger partial charge in [0.25, 0.3) is 5.91 Å². The van der Waals surface area contributed by atoms with E-state index in [2.05, 4.69) is 16.0 Å². The van der Waals surface area contributed by atoms with Gasteiger partial charge < -0.3 is 35.6 Å². The molecule has 10 nitrogen and oxygen atoms in total. The number of fused-ring (bicyclic) bond motifs is 1. The Kier molecular flexibility index (Phi) is 10.6. The van der Waals surface area contributed by atoms with E-state index in [1.54, 1.807) is 30.0 Å². The van der Waals surface area contributed by atoms with Crippen LogP contribution >= 0.6 is 0 Å². The van der Waals surface area contributed by atoms with Crippen LogP contribution in [0.25, 0.3) is 0 Å². The lowest BCUT2D eigenvalue weighted by molar-refractivity contribution is -0.137. The van der Waals surface area contributed by atoms with Crippen LogP contribution < -0.4 is 20.7 Å².